The van der Waals surface area contributed by atoms with Crippen LogP contribution in [0.5, 0.6) is 0 Å². The van der Waals surface area contributed by atoms with Crippen LogP contribution in [0.25, 0.3) is 11.0 Å². The summed E-state index contributed by atoms with van der Waals surface area (Å²) in [6.07, 6.45) is 3.44. The van der Waals surface area contributed by atoms with Crippen molar-refractivity contribution in [3.05, 3.63) is 52.5 Å². The zero-order chi connectivity index (χ0) is 13.4. The molecule has 0 fully saturated rings. The quantitative estimate of drug-likeness (QED) is 0.786. The third kappa shape index (κ3) is 2.13. The number of halogens is 1. The predicted octanol–water partition coefficient (Wildman–Crippen LogP) is 2.17. The van der Waals surface area contributed by atoms with E-state index >= 15 is 0 Å². The molecule has 96 valence electrons. The SMILES string of the molecule is Cn1ncc(Br)c1C(N)c1cnc2ccccc2n1. The minimum Gasteiger partial charge on any atom is -0.318 e. The summed E-state index contributed by atoms with van der Waals surface area (Å²) in [4.78, 5) is 8.95. The molecule has 0 radical (unpaired) electrons. The van der Waals surface area contributed by atoms with Gasteiger partial charge in [0.1, 0.15) is 0 Å². The van der Waals surface area contributed by atoms with Crippen LogP contribution in [0.1, 0.15) is 17.4 Å². The van der Waals surface area contributed by atoms with E-state index in [1.807, 2.05) is 31.3 Å². The topological polar surface area (TPSA) is 69.6 Å². The number of hydrogen-bond acceptors (Lipinski definition) is 4. The molecule has 0 aliphatic rings. The summed E-state index contributed by atoms with van der Waals surface area (Å²) in [5.41, 5.74) is 9.57. The molecule has 0 aliphatic carbocycles. The number of hydrogen-bond donors (Lipinski definition) is 1. The molecule has 3 rings (SSSR count). The summed E-state index contributed by atoms with van der Waals surface area (Å²) < 4.78 is 2.61. The lowest BCUT2D eigenvalue weighted by Gasteiger charge is -2.12. The van der Waals surface area contributed by atoms with E-state index in [4.69, 9.17) is 5.73 Å². The number of nitrogens with two attached hydrogens (primary N) is 1. The number of benzene rings is 1. The van der Waals surface area contributed by atoms with Crippen molar-refractivity contribution >= 4 is 27.0 Å². The summed E-state index contributed by atoms with van der Waals surface area (Å²) in [5, 5.41) is 4.17. The van der Waals surface area contributed by atoms with Crippen molar-refractivity contribution in [2.45, 2.75) is 6.04 Å². The van der Waals surface area contributed by atoms with E-state index in [0.717, 1.165) is 26.9 Å². The Labute approximate surface area is 118 Å². The Hall–Kier alpha value is -1.79. The number of fused-ring (bicyclic) bond motifs is 1. The van der Waals surface area contributed by atoms with Crippen LogP contribution in [0, 0.1) is 0 Å². The average molecular weight is 318 g/mol. The highest BCUT2D eigenvalue weighted by molar-refractivity contribution is 9.10. The monoisotopic (exact) mass is 317 g/mol. The second-order valence-electron chi connectivity index (χ2n) is 4.26. The molecule has 1 atom stereocenters. The first-order valence-corrected chi connectivity index (χ1v) is 6.61. The normalized spacial score (nSPS) is 12.8. The van der Waals surface area contributed by atoms with Crippen LogP contribution in [-0.2, 0) is 7.05 Å². The van der Waals surface area contributed by atoms with E-state index < -0.39 is 0 Å². The molecule has 0 aliphatic heterocycles. The minimum absolute atomic E-state index is 0.362. The third-order valence-electron chi connectivity index (χ3n) is 3.02. The average Bonchev–Trinajstić information content (AvgIpc) is 2.77. The fourth-order valence-electron chi connectivity index (χ4n) is 2.03. The molecule has 5 nitrogen and oxygen atoms in total. The molecule has 0 saturated carbocycles. The maximum absolute atomic E-state index is 6.26. The standard InChI is InChI=1S/C13H12BrN5/c1-19-13(8(14)6-17-19)12(15)11-7-16-9-4-2-3-5-10(9)18-11/h2-7,12H,15H2,1H3. The first-order chi connectivity index (χ1) is 9.16. The van der Waals surface area contributed by atoms with Crippen molar-refractivity contribution in [3.63, 3.8) is 0 Å². The van der Waals surface area contributed by atoms with E-state index in [1.54, 1.807) is 17.1 Å². The summed E-state index contributed by atoms with van der Waals surface area (Å²) >= 11 is 3.45. The maximum Gasteiger partial charge on any atom is 0.0924 e. The van der Waals surface area contributed by atoms with Crippen molar-refractivity contribution in [1.82, 2.24) is 19.7 Å². The number of rotatable bonds is 2. The molecule has 0 bridgehead atoms. The second kappa shape index (κ2) is 4.71. The van der Waals surface area contributed by atoms with Gasteiger partial charge in [-0.15, -0.1) is 0 Å². The Bertz CT molecular complexity index is 717. The van der Waals surface area contributed by atoms with Gasteiger partial charge in [-0.1, -0.05) is 12.1 Å². The molecular weight excluding hydrogens is 306 g/mol. The van der Waals surface area contributed by atoms with Gasteiger partial charge in [-0.3, -0.25) is 9.67 Å². The van der Waals surface area contributed by atoms with Crippen LogP contribution in [-0.4, -0.2) is 19.7 Å². The molecule has 3 aromatic rings. The number of nitrogens with zero attached hydrogens (tertiary/aromatic N) is 4. The number of aryl methyl sites for hydroxylation is 1. The van der Waals surface area contributed by atoms with Gasteiger partial charge in [0.15, 0.2) is 0 Å². The van der Waals surface area contributed by atoms with Gasteiger partial charge in [0, 0.05) is 7.05 Å². The van der Waals surface area contributed by atoms with Gasteiger partial charge in [-0.2, -0.15) is 5.10 Å². The van der Waals surface area contributed by atoms with Crippen molar-refractivity contribution < 1.29 is 0 Å². The molecule has 2 aromatic heterocycles. The minimum atomic E-state index is -0.362. The molecule has 0 amide bonds. The van der Waals surface area contributed by atoms with E-state index in [0.29, 0.717) is 0 Å². The second-order valence-corrected chi connectivity index (χ2v) is 5.12. The van der Waals surface area contributed by atoms with Crippen LogP contribution in [0.2, 0.25) is 0 Å². The van der Waals surface area contributed by atoms with E-state index in [-0.39, 0.29) is 6.04 Å². The molecule has 6 heteroatoms. The van der Waals surface area contributed by atoms with Gasteiger partial charge < -0.3 is 5.73 Å². The lowest BCUT2D eigenvalue weighted by molar-refractivity contribution is 0.662. The third-order valence-corrected chi connectivity index (χ3v) is 3.63. The molecule has 1 aromatic carbocycles. The zero-order valence-electron chi connectivity index (χ0n) is 10.3. The molecule has 0 saturated heterocycles. The van der Waals surface area contributed by atoms with Crippen LogP contribution in [0.4, 0.5) is 0 Å². The van der Waals surface area contributed by atoms with Gasteiger partial charge in [0.25, 0.3) is 0 Å². The lowest BCUT2D eigenvalue weighted by Crippen LogP contribution is -2.18. The Balaban J connectivity index is 2.09. The fraction of sp³-hybridized carbons (Fsp3) is 0.154. The van der Waals surface area contributed by atoms with Gasteiger partial charge in [0.05, 0.1) is 45.3 Å². The van der Waals surface area contributed by atoms with Gasteiger partial charge in [0.2, 0.25) is 0 Å². The lowest BCUT2D eigenvalue weighted by atomic mass is 10.1. The predicted molar refractivity (Wildman–Crippen MR) is 76.5 cm³/mol. The summed E-state index contributed by atoms with van der Waals surface area (Å²) in [6.45, 7) is 0. The van der Waals surface area contributed by atoms with Crippen LogP contribution >= 0.6 is 15.9 Å². The molecule has 0 spiro atoms. The Morgan fingerprint density at radius 2 is 1.95 bits per heavy atom. The first-order valence-electron chi connectivity index (χ1n) is 5.81. The van der Waals surface area contributed by atoms with E-state index in [2.05, 4.69) is 31.0 Å². The van der Waals surface area contributed by atoms with Crippen molar-refractivity contribution in [1.29, 1.82) is 0 Å². The first kappa shape index (κ1) is 12.3. The van der Waals surface area contributed by atoms with E-state index in [9.17, 15) is 0 Å². The summed E-state index contributed by atoms with van der Waals surface area (Å²) in [7, 11) is 1.86. The molecule has 2 N–H and O–H groups in total. The van der Waals surface area contributed by atoms with Crippen LogP contribution < -0.4 is 5.73 Å². The largest absolute Gasteiger partial charge is 0.318 e. The van der Waals surface area contributed by atoms with Crippen molar-refractivity contribution in [3.8, 4) is 0 Å². The van der Waals surface area contributed by atoms with Gasteiger partial charge in [-0.25, -0.2) is 4.98 Å². The fourth-order valence-corrected chi connectivity index (χ4v) is 2.63. The highest BCUT2D eigenvalue weighted by atomic mass is 79.9. The zero-order valence-corrected chi connectivity index (χ0v) is 11.9. The molecular formula is C13H12BrN5. The maximum atomic E-state index is 6.26. The number of aromatic nitrogens is 4. The van der Waals surface area contributed by atoms with Crippen LogP contribution in [0.15, 0.2) is 41.1 Å². The smallest absolute Gasteiger partial charge is 0.0924 e. The van der Waals surface area contributed by atoms with Crippen molar-refractivity contribution in [2.24, 2.45) is 12.8 Å². The molecule has 19 heavy (non-hydrogen) atoms. The highest BCUT2D eigenvalue weighted by Crippen LogP contribution is 2.25. The van der Waals surface area contributed by atoms with Crippen LogP contribution in [0.3, 0.4) is 0 Å². The Morgan fingerprint density at radius 3 is 2.63 bits per heavy atom. The van der Waals surface area contributed by atoms with E-state index in [1.165, 1.54) is 0 Å². The van der Waals surface area contributed by atoms with Crippen molar-refractivity contribution in [2.75, 3.05) is 0 Å². The van der Waals surface area contributed by atoms with Gasteiger partial charge >= 0.3 is 0 Å². The highest BCUT2D eigenvalue weighted by Gasteiger charge is 2.18. The number of para-hydroxylation sites is 2. The summed E-state index contributed by atoms with van der Waals surface area (Å²) in [5.74, 6) is 0. The molecule has 1 unspecified atom stereocenters. The Kier molecular flexibility index (Phi) is 3.04. The summed E-state index contributed by atoms with van der Waals surface area (Å²) in [6, 6.07) is 7.37. The molecule has 2 heterocycles. The van der Waals surface area contributed by atoms with Gasteiger partial charge in [-0.05, 0) is 28.1 Å². The Morgan fingerprint density at radius 1 is 1.21 bits per heavy atom.